The highest BCUT2D eigenvalue weighted by atomic mass is 19.1. The van der Waals surface area contributed by atoms with Crippen LogP contribution in [0, 0.1) is 18.7 Å². The fourth-order valence-electron chi connectivity index (χ4n) is 3.22. The fourth-order valence-corrected chi connectivity index (χ4v) is 3.22. The van der Waals surface area contributed by atoms with Crippen LogP contribution in [0.4, 0.5) is 10.2 Å². The van der Waals surface area contributed by atoms with Crippen molar-refractivity contribution < 1.29 is 14.0 Å². The van der Waals surface area contributed by atoms with E-state index in [-0.39, 0.29) is 17.6 Å². The molecule has 1 saturated heterocycles. The van der Waals surface area contributed by atoms with Gasteiger partial charge in [0.25, 0.3) is 0 Å². The summed E-state index contributed by atoms with van der Waals surface area (Å²) in [5.41, 5.74) is 1.62. The number of hydrogen-bond acceptors (Lipinski definition) is 3. The van der Waals surface area contributed by atoms with Gasteiger partial charge in [-0.1, -0.05) is 18.2 Å². The number of likely N-dealkylation sites (tertiary alicyclic amines) is 1. The largest absolute Gasteiger partial charge is 0.338 e. The molecule has 2 aromatic rings. The third-order valence-electron chi connectivity index (χ3n) is 4.55. The van der Waals surface area contributed by atoms with Gasteiger partial charge in [0.2, 0.25) is 11.8 Å². The molecule has 1 aromatic carbocycles. The topological polar surface area (TPSA) is 62.3 Å². The minimum Gasteiger partial charge on any atom is -0.338 e. The van der Waals surface area contributed by atoms with E-state index in [1.165, 1.54) is 17.0 Å². The summed E-state index contributed by atoms with van der Waals surface area (Å²) >= 11 is 0. The minimum atomic E-state index is -0.498. The number of nitrogens with one attached hydrogen (secondary N) is 1. The molecule has 130 valence electrons. The Morgan fingerprint density at radius 2 is 2.12 bits per heavy atom. The van der Waals surface area contributed by atoms with E-state index in [1.54, 1.807) is 31.4 Å². The number of piperidine rings is 1. The van der Waals surface area contributed by atoms with Crippen LogP contribution in [-0.4, -0.2) is 28.7 Å². The van der Waals surface area contributed by atoms with E-state index in [0.29, 0.717) is 24.2 Å². The van der Waals surface area contributed by atoms with Crippen molar-refractivity contribution in [2.75, 3.05) is 12.4 Å². The zero-order valence-corrected chi connectivity index (χ0v) is 14.2. The normalized spacial score (nSPS) is 20.4. The zero-order valence-electron chi connectivity index (χ0n) is 14.2. The van der Waals surface area contributed by atoms with Crippen LogP contribution in [0.3, 0.4) is 0 Å². The lowest BCUT2D eigenvalue weighted by Crippen LogP contribution is -2.44. The number of hydrogen-bond donors (Lipinski definition) is 1. The summed E-state index contributed by atoms with van der Waals surface area (Å²) in [4.78, 5) is 30.6. The molecule has 3 rings (SSSR count). The number of amides is 2. The van der Waals surface area contributed by atoms with Crippen molar-refractivity contribution in [1.82, 2.24) is 9.88 Å². The van der Waals surface area contributed by atoms with Crippen LogP contribution < -0.4 is 5.32 Å². The molecule has 2 atom stereocenters. The van der Waals surface area contributed by atoms with Crippen LogP contribution in [0.5, 0.6) is 0 Å². The standard InChI is InChI=1S/C19H20FN3O2/c1-12-6-8-16(21-11-12)22-19(25)15-7-9-17(24)23(2)18(15)13-4-3-5-14(20)10-13/h3-6,8,10-11,15,18H,7,9H2,1-2H3,(H,21,22,25)/t15-,18+/m0/s1. The van der Waals surface area contributed by atoms with E-state index < -0.39 is 12.0 Å². The van der Waals surface area contributed by atoms with Gasteiger partial charge >= 0.3 is 0 Å². The third kappa shape index (κ3) is 3.68. The number of carbonyl (C=O) groups excluding carboxylic acids is 2. The number of aryl methyl sites for hydroxylation is 1. The molecule has 6 heteroatoms. The van der Waals surface area contributed by atoms with Crippen molar-refractivity contribution in [3.05, 3.63) is 59.5 Å². The molecule has 1 aliphatic rings. The average Bonchev–Trinajstić information content (AvgIpc) is 2.59. The first-order valence-electron chi connectivity index (χ1n) is 8.20. The third-order valence-corrected chi connectivity index (χ3v) is 4.55. The molecule has 1 fully saturated rings. The number of aromatic nitrogens is 1. The summed E-state index contributed by atoms with van der Waals surface area (Å²) in [5.74, 6) is -0.652. The number of anilines is 1. The molecule has 0 unspecified atom stereocenters. The molecule has 1 aromatic heterocycles. The molecule has 1 aliphatic heterocycles. The maximum absolute atomic E-state index is 13.6. The van der Waals surface area contributed by atoms with Gasteiger partial charge in [0.05, 0.1) is 12.0 Å². The molecule has 0 radical (unpaired) electrons. The molecule has 2 heterocycles. The van der Waals surface area contributed by atoms with Crippen LogP contribution in [0.2, 0.25) is 0 Å². The van der Waals surface area contributed by atoms with Crippen LogP contribution in [0.15, 0.2) is 42.6 Å². The fraction of sp³-hybridized carbons (Fsp3) is 0.316. The molecule has 1 N–H and O–H groups in total. The first-order chi connectivity index (χ1) is 12.0. The number of benzene rings is 1. The molecule has 25 heavy (non-hydrogen) atoms. The summed E-state index contributed by atoms with van der Waals surface area (Å²) in [6, 6.07) is 9.17. The predicted octanol–water partition coefficient (Wildman–Crippen LogP) is 3.08. The second kappa shape index (κ2) is 7.01. The van der Waals surface area contributed by atoms with Crippen molar-refractivity contribution in [2.45, 2.75) is 25.8 Å². The van der Waals surface area contributed by atoms with Gasteiger partial charge < -0.3 is 10.2 Å². The van der Waals surface area contributed by atoms with Gasteiger partial charge in [-0.15, -0.1) is 0 Å². The first kappa shape index (κ1) is 17.1. The lowest BCUT2D eigenvalue weighted by Gasteiger charge is -2.38. The Morgan fingerprint density at radius 1 is 1.32 bits per heavy atom. The van der Waals surface area contributed by atoms with Crippen LogP contribution >= 0.6 is 0 Å². The van der Waals surface area contributed by atoms with Gasteiger partial charge in [-0.2, -0.15) is 0 Å². The van der Waals surface area contributed by atoms with E-state index in [1.807, 2.05) is 13.0 Å². The number of nitrogens with zero attached hydrogens (tertiary/aromatic N) is 2. The molecule has 0 aliphatic carbocycles. The average molecular weight is 341 g/mol. The van der Waals surface area contributed by atoms with Crippen molar-refractivity contribution in [3.63, 3.8) is 0 Å². The van der Waals surface area contributed by atoms with Crippen LogP contribution in [0.1, 0.15) is 30.0 Å². The summed E-state index contributed by atoms with van der Waals surface area (Å²) in [7, 11) is 1.65. The Kier molecular flexibility index (Phi) is 4.79. The summed E-state index contributed by atoms with van der Waals surface area (Å²) in [5, 5.41) is 2.81. The zero-order chi connectivity index (χ0) is 18.0. The lowest BCUT2D eigenvalue weighted by molar-refractivity contribution is -0.140. The summed E-state index contributed by atoms with van der Waals surface area (Å²) in [6.45, 7) is 1.92. The number of carbonyl (C=O) groups is 2. The van der Waals surface area contributed by atoms with Gasteiger partial charge in [-0.25, -0.2) is 9.37 Å². The van der Waals surface area contributed by atoms with Crippen molar-refractivity contribution in [1.29, 1.82) is 0 Å². The molecule has 2 amide bonds. The van der Waals surface area contributed by atoms with Gasteiger partial charge in [-0.05, 0) is 42.7 Å². The SMILES string of the molecule is Cc1ccc(NC(=O)[C@H]2CCC(=O)N(C)[C@@H]2c2cccc(F)c2)nc1. The lowest BCUT2D eigenvalue weighted by atomic mass is 9.84. The molecule has 0 spiro atoms. The monoisotopic (exact) mass is 341 g/mol. The van der Waals surface area contributed by atoms with Gasteiger partial charge in [-0.3, -0.25) is 9.59 Å². The predicted molar refractivity (Wildman–Crippen MR) is 92.2 cm³/mol. The molecular weight excluding hydrogens is 321 g/mol. The smallest absolute Gasteiger partial charge is 0.231 e. The quantitative estimate of drug-likeness (QED) is 0.933. The maximum atomic E-state index is 13.6. The Labute approximate surface area is 145 Å². The second-order valence-corrected chi connectivity index (χ2v) is 6.36. The highest BCUT2D eigenvalue weighted by Gasteiger charge is 2.39. The summed E-state index contributed by atoms with van der Waals surface area (Å²) in [6.07, 6.45) is 2.39. The Hall–Kier alpha value is -2.76. The van der Waals surface area contributed by atoms with Crippen molar-refractivity contribution in [3.8, 4) is 0 Å². The van der Waals surface area contributed by atoms with Gasteiger partial charge in [0.15, 0.2) is 0 Å². The number of halogens is 1. The molecule has 5 nitrogen and oxygen atoms in total. The van der Waals surface area contributed by atoms with Crippen molar-refractivity contribution in [2.24, 2.45) is 5.92 Å². The Bertz CT molecular complexity index is 792. The maximum Gasteiger partial charge on any atom is 0.231 e. The molecule has 0 saturated carbocycles. The van der Waals surface area contributed by atoms with Gasteiger partial charge in [0, 0.05) is 19.7 Å². The van der Waals surface area contributed by atoms with E-state index >= 15 is 0 Å². The van der Waals surface area contributed by atoms with E-state index in [9.17, 15) is 14.0 Å². The minimum absolute atomic E-state index is 0.0493. The van der Waals surface area contributed by atoms with E-state index in [4.69, 9.17) is 0 Å². The highest BCUT2D eigenvalue weighted by molar-refractivity contribution is 5.94. The second-order valence-electron chi connectivity index (χ2n) is 6.36. The number of pyridine rings is 1. The van der Waals surface area contributed by atoms with Gasteiger partial charge in [0.1, 0.15) is 11.6 Å². The first-order valence-corrected chi connectivity index (χ1v) is 8.20. The van der Waals surface area contributed by atoms with Crippen LogP contribution in [-0.2, 0) is 9.59 Å². The van der Waals surface area contributed by atoms with E-state index in [2.05, 4.69) is 10.3 Å². The highest BCUT2D eigenvalue weighted by Crippen LogP contribution is 2.36. The number of rotatable bonds is 3. The van der Waals surface area contributed by atoms with E-state index in [0.717, 1.165) is 5.56 Å². The molecular formula is C19H20FN3O2. The summed E-state index contributed by atoms with van der Waals surface area (Å²) < 4.78 is 13.6. The Morgan fingerprint density at radius 3 is 2.80 bits per heavy atom. The van der Waals surface area contributed by atoms with Crippen molar-refractivity contribution >= 4 is 17.6 Å². The molecule has 0 bridgehead atoms. The Balaban J connectivity index is 1.87. The van der Waals surface area contributed by atoms with Crippen LogP contribution in [0.25, 0.3) is 0 Å².